The summed E-state index contributed by atoms with van der Waals surface area (Å²) in [4.78, 5) is 4.36. The number of halogens is 1. The molecule has 0 spiro atoms. The van der Waals surface area contributed by atoms with Crippen molar-refractivity contribution < 1.29 is 0 Å². The van der Waals surface area contributed by atoms with E-state index >= 15 is 0 Å². The van der Waals surface area contributed by atoms with Gasteiger partial charge in [0.25, 0.3) is 0 Å². The summed E-state index contributed by atoms with van der Waals surface area (Å²) >= 11 is 1.76. The molecule has 0 aromatic carbocycles. The van der Waals surface area contributed by atoms with Crippen molar-refractivity contribution in [2.75, 3.05) is 13.1 Å². The molecule has 1 saturated heterocycles. The average Bonchev–Trinajstić information content (AvgIpc) is 2.78. The fourth-order valence-corrected chi connectivity index (χ4v) is 3.00. The molecule has 2 aliphatic rings. The van der Waals surface area contributed by atoms with Crippen molar-refractivity contribution in [3.63, 3.8) is 0 Å². The molecule has 14 heavy (non-hydrogen) atoms. The second-order valence-corrected chi connectivity index (χ2v) is 4.71. The fraction of sp³-hybridized carbons (Fsp3) is 0.500. The van der Waals surface area contributed by atoms with E-state index in [2.05, 4.69) is 21.8 Å². The van der Waals surface area contributed by atoms with Gasteiger partial charge in [-0.05, 0) is 30.4 Å². The lowest BCUT2D eigenvalue weighted by molar-refractivity contribution is 0.536. The van der Waals surface area contributed by atoms with E-state index in [-0.39, 0.29) is 12.4 Å². The Morgan fingerprint density at radius 2 is 2.36 bits per heavy atom. The largest absolute Gasteiger partial charge is 0.316 e. The number of allylic oxidation sites excluding steroid dienone is 1. The van der Waals surface area contributed by atoms with Gasteiger partial charge in [-0.25, -0.2) is 4.98 Å². The number of rotatable bonds is 1. The van der Waals surface area contributed by atoms with Gasteiger partial charge in [-0.1, -0.05) is 6.08 Å². The van der Waals surface area contributed by atoms with Gasteiger partial charge in [-0.2, -0.15) is 0 Å². The second kappa shape index (κ2) is 4.01. The highest BCUT2D eigenvalue weighted by atomic mass is 35.5. The topological polar surface area (TPSA) is 24.9 Å². The minimum absolute atomic E-state index is 0. The molecule has 1 aromatic rings. The van der Waals surface area contributed by atoms with Crippen molar-refractivity contribution in [2.45, 2.75) is 6.42 Å². The van der Waals surface area contributed by atoms with Crippen LogP contribution in [0.3, 0.4) is 0 Å². The van der Waals surface area contributed by atoms with Crippen LogP contribution >= 0.6 is 23.7 Å². The molecule has 1 aliphatic carbocycles. The Bertz CT molecular complexity index is 334. The van der Waals surface area contributed by atoms with Crippen LogP contribution in [0.2, 0.25) is 0 Å². The van der Waals surface area contributed by atoms with Gasteiger partial charge in [0.15, 0.2) is 0 Å². The average molecular weight is 229 g/mol. The second-order valence-electron chi connectivity index (χ2n) is 3.82. The Morgan fingerprint density at radius 3 is 3.07 bits per heavy atom. The molecule has 2 atom stereocenters. The van der Waals surface area contributed by atoms with Gasteiger partial charge in [0.1, 0.15) is 5.01 Å². The Kier molecular flexibility index (Phi) is 2.91. The first-order chi connectivity index (χ1) is 6.43. The van der Waals surface area contributed by atoms with Crippen LogP contribution in [0.15, 0.2) is 17.7 Å². The highest BCUT2D eigenvalue weighted by Gasteiger charge is 2.32. The molecular weight excluding hydrogens is 216 g/mol. The first-order valence-corrected chi connectivity index (χ1v) is 5.63. The highest BCUT2D eigenvalue weighted by Crippen LogP contribution is 2.38. The van der Waals surface area contributed by atoms with Crippen molar-refractivity contribution in [1.82, 2.24) is 10.3 Å². The number of fused-ring (bicyclic) bond motifs is 1. The summed E-state index contributed by atoms with van der Waals surface area (Å²) in [6.07, 6.45) is 5.54. The molecule has 0 bridgehead atoms. The summed E-state index contributed by atoms with van der Waals surface area (Å²) in [6, 6.07) is 0. The summed E-state index contributed by atoms with van der Waals surface area (Å²) in [5.41, 5.74) is 1.48. The van der Waals surface area contributed by atoms with Crippen molar-refractivity contribution in [3.05, 3.63) is 22.7 Å². The number of nitrogens with one attached hydrogen (secondary N) is 1. The predicted octanol–water partition coefficient (Wildman–Crippen LogP) is 2.19. The quantitative estimate of drug-likeness (QED) is 0.797. The summed E-state index contributed by atoms with van der Waals surface area (Å²) in [7, 11) is 0. The van der Waals surface area contributed by atoms with Gasteiger partial charge in [0, 0.05) is 18.1 Å². The molecule has 2 unspecified atom stereocenters. The van der Waals surface area contributed by atoms with Crippen LogP contribution in [0.4, 0.5) is 0 Å². The Morgan fingerprint density at radius 1 is 1.43 bits per heavy atom. The summed E-state index contributed by atoms with van der Waals surface area (Å²) < 4.78 is 0. The van der Waals surface area contributed by atoms with E-state index < -0.39 is 0 Å². The number of hydrogen-bond donors (Lipinski definition) is 1. The lowest BCUT2D eigenvalue weighted by atomic mass is 10.00. The third kappa shape index (κ3) is 1.60. The lowest BCUT2D eigenvalue weighted by Crippen LogP contribution is -2.09. The molecule has 1 N–H and O–H groups in total. The minimum Gasteiger partial charge on any atom is -0.316 e. The first-order valence-electron chi connectivity index (χ1n) is 4.75. The summed E-state index contributed by atoms with van der Waals surface area (Å²) in [5.74, 6) is 1.62. The van der Waals surface area contributed by atoms with E-state index in [1.807, 2.05) is 6.20 Å². The van der Waals surface area contributed by atoms with E-state index in [9.17, 15) is 0 Å². The molecule has 1 fully saturated rings. The van der Waals surface area contributed by atoms with Gasteiger partial charge in [-0.3, -0.25) is 0 Å². The normalized spacial score (nSPS) is 29.6. The van der Waals surface area contributed by atoms with Gasteiger partial charge >= 0.3 is 0 Å². The van der Waals surface area contributed by atoms with Gasteiger partial charge < -0.3 is 5.32 Å². The van der Waals surface area contributed by atoms with Gasteiger partial charge in [-0.15, -0.1) is 23.7 Å². The molecule has 1 aliphatic heterocycles. The van der Waals surface area contributed by atoms with Crippen molar-refractivity contribution in [1.29, 1.82) is 0 Å². The molecule has 3 rings (SSSR count). The minimum atomic E-state index is 0. The van der Waals surface area contributed by atoms with Crippen LogP contribution < -0.4 is 5.32 Å². The number of thiazole rings is 1. The number of nitrogens with zero attached hydrogens (tertiary/aromatic N) is 1. The summed E-state index contributed by atoms with van der Waals surface area (Å²) in [5, 5.41) is 6.72. The van der Waals surface area contributed by atoms with Crippen LogP contribution in [-0.2, 0) is 0 Å². The van der Waals surface area contributed by atoms with Gasteiger partial charge in [0.05, 0.1) is 0 Å². The number of hydrogen-bond acceptors (Lipinski definition) is 3. The summed E-state index contributed by atoms with van der Waals surface area (Å²) in [6.45, 7) is 2.36. The van der Waals surface area contributed by atoms with E-state index in [1.165, 1.54) is 30.1 Å². The zero-order chi connectivity index (χ0) is 8.67. The fourth-order valence-electron chi connectivity index (χ4n) is 2.32. The standard InChI is InChI=1S/C10H12N2S.ClH/c1-2-13-10(12-1)7-3-8-5-11-6-9(8)4-7;/h1-3,8-9,11H,4-6H2;1H. The van der Waals surface area contributed by atoms with Gasteiger partial charge in [0.2, 0.25) is 0 Å². The molecule has 4 heteroatoms. The lowest BCUT2D eigenvalue weighted by Gasteiger charge is -2.04. The van der Waals surface area contributed by atoms with Crippen molar-refractivity contribution in [2.24, 2.45) is 11.8 Å². The first kappa shape index (κ1) is 10.1. The van der Waals surface area contributed by atoms with Crippen molar-refractivity contribution in [3.8, 4) is 0 Å². The van der Waals surface area contributed by atoms with E-state index in [0.717, 1.165) is 11.8 Å². The van der Waals surface area contributed by atoms with Crippen LogP contribution in [0, 0.1) is 11.8 Å². The molecule has 2 nitrogen and oxygen atoms in total. The van der Waals surface area contributed by atoms with E-state index in [4.69, 9.17) is 0 Å². The molecule has 0 radical (unpaired) electrons. The van der Waals surface area contributed by atoms with E-state index in [1.54, 1.807) is 11.3 Å². The molecule has 0 saturated carbocycles. The highest BCUT2D eigenvalue weighted by molar-refractivity contribution is 7.10. The maximum Gasteiger partial charge on any atom is 0.118 e. The molecule has 2 heterocycles. The Labute approximate surface area is 93.8 Å². The number of aromatic nitrogens is 1. The van der Waals surface area contributed by atoms with E-state index in [0.29, 0.717) is 0 Å². The van der Waals surface area contributed by atoms with Crippen LogP contribution in [-0.4, -0.2) is 18.1 Å². The van der Waals surface area contributed by atoms with Crippen molar-refractivity contribution >= 4 is 29.3 Å². The Balaban J connectivity index is 0.000000750. The third-order valence-electron chi connectivity index (χ3n) is 3.00. The smallest absolute Gasteiger partial charge is 0.118 e. The molecule has 1 aromatic heterocycles. The maximum absolute atomic E-state index is 4.36. The van der Waals surface area contributed by atoms with Crippen LogP contribution in [0.1, 0.15) is 11.4 Å². The predicted molar refractivity (Wildman–Crippen MR) is 61.8 cm³/mol. The molecule has 0 amide bonds. The molecular formula is C10H13ClN2S. The zero-order valence-corrected chi connectivity index (χ0v) is 9.40. The molecule has 76 valence electrons. The van der Waals surface area contributed by atoms with Crippen LogP contribution in [0.5, 0.6) is 0 Å². The Hall–Kier alpha value is -0.380. The zero-order valence-electron chi connectivity index (χ0n) is 7.77. The SMILES string of the molecule is C1=C(c2nccs2)CC2CNCC12.Cl. The third-order valence-corrected chi connectivity index (χ3v) is 3.85. The maximum atomic E-state index is 4.36. The monoisotopic (exact) mass is 228 g/mol. The van der Waals surface area contributed by atoms with Crippen LogP contribution in [0.25, 0.3) is 5.57 Å².